The number of nitrogens with one attached hydrogen (secondary N) is 1. The third kappa shape index (κ3) is 2.01. The van der Waals surface area contributed by atoms with Crippen molar-refractivity contribution in [2.75, 3.05) is 16.9 Å². The summed E-state index contributed by atoms with van der Waals surface area (Å²) in [4.78, 5) is 3.88. The predicted molar refractivity (Wildman–Crippen MR) is 60.6 cm³/mol. The summed E-state index contributed by atoms with van der Waals surface area (Å²) in [6.45, 7) is 0.658. The van der Waals surface area contributed by atoms with E-state index >= 15 is 0 Å². The second-order valence-electron chi connectivity index (χ2n) is 3.20. The maximum Gasteiger partial charge on any atom is 0.221 e. The van der Waals surface area contributed by atoms with Gasteiger partial charge in [-0.25, -0.2) is 9.66 Å². The fraction of sp³-hybridized carbons (Fsp3) is 0.100. The van der Waals surface area contributed by atoms with E-state index in [1.165, 1.54) is 6.20 Å². The number of nitrogen functional groups attached to an aromatic ring is 2. The van der Waals surface area contributed by atoms with E-state index in [2.05, 4.69) is 10.4 Å². The molecular formula is C10H13N5. The maximum atomic E-state index is 5.66. The molecule has 0 saturated heterocycles. The SMILES string of the molecule is Nc1cnc(N)n1NCc1ccccc1. The van der Waals surface area contributed by atoms with Crippen molar-refractivity contribution in [3.63, 3.8) is 0 Å². The largest absolute Gasteiger partial charge is 0.382 e. The zero-order valence-corrected chi connectivity index (χ0v) is 8.22. The lowest BCUT2D eigenvalue weighted by Crippen LogP contribution is -2.18. The van der Waals surface area contributed by atoms with Crippen LogP contribution in [-0.4, -0.2) is 9.66 Å². The molecule has 1 aromatic heterocycles. The molecule has 0 unspecified atom stereocenters. The average molecular weight is 203 g/mol. The highest BCUT2D eigenvalue weighted by Crippen LogP contribution is 2.07. The van der Waals surface area contributed by atoms with E-state index in [-0.39, 0.29) is 0 Å². The van der Waals surface area contributed by atoms with E-state index in [0.717, 1.165) is 5.56 Å². The molecule has 0 amide bonds. The molecular weight excluding hydrogens is 190 g/mol. The van der Waals surface area contributed by atoms with Gasteiger partial charge < -0.3 is 16.9 Å². The molecule has 2 aromatic rings. The van der Waals surface area contributed by atoms with Crippen molar-refractivity contribution < 1.29 is 0 Å². The number of anilines is 2. The van der Waals surface area contributed by atoms with Crippen LogP contribution in [0.25, 0.3) is 0 Å². The van der Waals surface area contributed by atoms with Gasteiger partial charge in [0.15, 0.2) is 0 Å². The number of rotatable bonds is 3. The Labute approximate surface area is 87.7 Å². The van der Waals surface area contributed by atoms with Crippen LogP contribution < -0.4 is 16.9 Å². The van der Waals surface area contributed by atoms with Crippen molar-refractivity contribution in [2.45, 2.75) is 6.54 Å². The van der Waals surface area contributed by atoms with Crippen LogP contribution in [-0.2, 0) is 6.54 Å². The minimum atomic E-state index is 0.364. The van der Waals surface area contributed by atoms with Crippen LogP contribution in [0.2, 0.25) is 0 Å². The van der Waals surface area contributed by atoms with Gasteiger partial charge in [0.05, 0.1) is 12.7 Å². The number of hydrogen-bond donors (Lipinski definition) is 3. The minimum absolute atomic E-state index is 0.364. The van der Waals surface area contributed by atoms with Crippen LogP contribution in [0.15, 0.2) is 36.5 Å². The van der Waals surface area contributed by atoms with E-state index in [4.69, 9.17) is 11.5 Å². The zero-order valence-electron chi connectivity index (χ0n) is 8.22. The van der Waals surface area contributed by atoms with Gasteiger partial charge in [0, 0.05) is 0 Å². The van der Waals surface area contributed by atoms with E-state index in [1.807, 2.05) is 30.3 Å². The molecule has 1 aromatic carbocycles. The Morgan fingerprint density at radius 2 is 1.93 bits per heavy atom. The summed E-state index contributed by atoms with van der Waals surface area (Å²) >= 11 is 0. The van der Waals surface area contributed by atoms with E-state index in [1.54, 1.807) is 4.68 Å². The summed E-state index contributed by atoms with van der Waals surface area (Å²) in [6.07, 6.45) is 1.52. The molecule has 0 spiro atoms. The molecule has 78 valence electrons. The first-order valence-corrected chi connectivity index (χ1v) is 4.64. The van der Waals surface area contributed by atoms with Crippen LogP contribution in [0.5, 0.6) is 0 Å². The monoisotopic (exact) mass is 203 g/mol. The third-order valence-electron chi connectivity index (χ3n) is 2.10. The highest BCUT2D eigenvalue weighted by molar-refractivity contribution is 5.38. The number of benzene rings is 1. The van der Waals surface area contributed by atoms with Crippen molar-refractivity contribution >= 4 is 11.8 Å². The lowest BCUT2D eigenvalue weighted by Gasteiger charge is -2.10. The normalized spacial score (nSPS) is 10.1. The Morgan fingerprint density at radius 1 is 1.20 bits per heavy atom. The molecule has 0 bridgehead atoms. The van der Waals surface area contributed by atoms with Gasteiger partial charge in [0.1, 0.15) is 5.82 Å². The summed E-state index contributed by atoms with van der Waals surface area (Å²) in [5.41, 5.74) is 15.5. The van der Waals surface area contributed by atoms with Crippen molar-refractivity contribution in [1.82, 2.24) is 9.66 Å². The standard InChI is InChI=1S/C10H13N5/c11-9-7-13-10(12)15(9)14-6-8-4-2-1-3-5-8/h1-5,7,14H,6,11H2,(H2,12,13). The Kier molecular flexibility index (Phi) is 2.45. The zero-order chi connectivity index (χ0) is 10.7. The number of nitrogens with zero attached hydrogens (tertiary/aromatic N) is 2. The smallest absolute Gasteiger partial charge is 0.221 e. The first-order valence-electron chi connectivity index (χ1n) is 4.64. The van der Waals surface area contributed by atoms with E-state index in [0.29, 0.717) is 18.3 Å². The van der Waals surface area contributed by atoms with Gasteiger partial charge in [-0.1, -0.05) is 30.3 Å². The van der Waals surface area contributed by atoms with Crippen molar-refractivity contribution in [3.8, 4) is 0 Å². The highest BCUT2D eigenvalue weighted by Gasteiger charge is 2.02. The van der Waals surface area contributed by atoms with Gasteiger partial charge >= 0.3 is 0 Å². The molecule has 0 atom stereocenters. The molecule has 0 radical (unpaired) electrons. The van der Waals surface area contributed by atoms with Gasteiger partial charge in [-0.15, -0.1) is 0 Å². The van der Waals surface area contributed by atoms with Gasteiger partial charge in [0.2, 0.25) is 5.95 Å². The molecule has 5 N–H and O–H groups in total. The molecule has 5 nitrogen and oxygen atoms in total. The minimum Gasteiger partial charge on any atom is -0.382 e. The van der Waals surface area contributed by atoms with Crippen LogP contribution in [0.3, 0.4) is 0 Å². The lowest BCUT2D eigenvalue weighted by molar-refractivity contribution is 0.859. The Morgan fingerprint density at radius 3 is 2.53 bits per heavy atom. The van der Waals surface area contributed by atoms with Crippen LogP contribution in [0, 0.1) is 0 Å². The van der Waals surface area contributed by atoms with Crippen LogP contribution >= 0.6 is 0 Å². The molecule has 5 heteroatoms. The topological polar surface area (TPSA) is 81.9 Å². The maximum absolute atomic E-state index is 5.66. The first kappa shape index (κ1) is 9.39. The Balaban J connectivity index is 2.05. The highest BCUT2D eigenvalue weighted by atomic mass is 15.5. The molecule has 0 aliphatic rings. The third-order valence-corrected chi connectivity index (χ3v) is 2.10. The fourth-order valence-electron chi connectivity index (χ4n) is 1.32. The fourth-order valence-corrected chi connectivity index (χ4v) is 1.32. The first-order chi connectivity index (χ1) is 7.27. The summed E-state index contributed by atoms with van der Waals surface area (Å²) in [5.74, 6) is 0.867. The molecule has 15 heavy (non-hydrogen) atoms. The van der Waals surface area contributed by atoms with Crippen molar-refractivity contribution in [1.29, 1.82) is 0 Å². The predicted octanol–water partition coefficient (Wildman–Crippen LogP) is 0.791. The number of imidazole rings is 1. The van der Waals surface area contributed by atoms with E-state index < -0.39 is 0 Å². The second kappa shape index (κ2) is 3.91. The van der Waals surface area contributed by atoms with Crippen molar-refractivity contribution in [3.05, 3.63) is 42.1 Å². The number of aromatic nitrogens is 2. The number of hydrogen-bond acceptors (Lipinski definition) is 4. The second-order valence-corrected chi connectivity index (χ2v) is 3.20. The van der Waals surface area contributed by atoms with Gasteiger partial charge in [-0.05, 0) is 5.56 Å². The van der Waals surface area contributed by atoms with Crippen molar-refractivity contribution in [2.24, 2.45) is 0 Å². The Bertz CT molecular complexity index is 415. The molecule has 2 rings (SSSR count). The Hall–Kier alpha value is -2.17. The van der Waals surface area contributed by atoms with Gasteiger partial charge in [-0.2, -0.15) is 0 Å². The molecule has 0 aliphatic carbocycles. The quantitative estimate of drug-likeness (QED) is 0.688. The molecule has 0 aliphatic heterocycles. The average Bonchev–Trinajstić information content (AvgIpc) is 2.58. The molecule has 0 fully saturated rings. The van der Waals surface area contributed by atoms with E-state index in [9.17, 15) is 0 Å². The lowest BCUT2D eigenvalue weighted by atomic mass is 10.2. The van der Waals surface area contributed by atoms with Crippen LogP contribution in [0.1, 0.15) is 5.56 Å². The molecule has 0 saturated carbocycles. The summed E-state index contributed by atoms with van der Waals surface area (Å²) in [5, 5.41) is 0. The summed E-state index contributed by atoms with van der Waals surface area (Å²) in [7, 11) is 0. The number of nitrogens with two attached hydrogens (primary N) is 2. The van der Waals surface area contributed by atoms with Gasteiger partial charge in [0.25, 0.3) is 0 Å². The summed E-state index contributed by atoms with van der Waals surface area (Å²) < 4.78 is 1.56. The molecule has 1 heterocycles. The summed E-state index contributed by atoms with van der Waals surface area (Å²) in [6, 6.07) is 9.99. The van der Waals surface area contributed by atoms with Crippen LogP contribution in [0.4, 0.5) is 11.8 Å². The van der Waals surface area contributed by atoms with Gasteiger partial charge in [-0.3, -0.25) is 0 Å².